The quantitative estimate of drug-likeness (QED) is 0.768. The van der Waals surface area contributed by atoms with Crippen molar-refractivity contribution in [2.45, 2.75) is 85.3 Å². The molecular formula is C15H30N2O2. The molecule has 0 atom stereocenters. The maximum absolute atomic E-state index is 11.4. The highest BCUT2D eigenvalue weighted by Crippen LogP contribution is 2.18. The maximum Gasteiger partial charge on any atom is 0.407 e. The van der Waals surface area contributed by atoms with Gasteiger partial charge in [0, 0.05) is 13.0 Å². The Morgan fingerprint density at radius 1 is 1.21 bits per heavy atom. The number of carbonyl (C=O) groups is 1. The summed E-state index contributed by atoms with van der Waals surface area (Å²) in [6.45, 7) is 11.1. The number of ether oxygens (including phenoxy) is 1. The Bertz CT molecular complexity index is 258. The minimum atomic E-state index is -0.390. The van der Waals surface area contributed by atoms with E-state index in [2.05, 4.69) is 5.32 Å². The largest absolute Gasteiger partial charge is 0.444 e. The molecule has 0 spiro atoms. The second kappa shape index (κ2) is 11.8. The summed E-state index contributed by atoms with van der Waals surface area (Å²) in [4.78, 5) is 11.4. The molecule has 0 bridgehead atoms. The van der Waals surface area contributed by atoms with Gasteiger partial charge in [-0.25, -0.2) is 4.79 Å². The molecule has 0 aromatic heterocycles. The summed E-state index contributed by atoms with van der Waals surface area (Å²) in [6, 6.07) is 2.08. The molecule has 0 aromatic carbocycles. The molecule has 0 heterocycles. The highest BCUT2D eigenvalue weighted by atomic mass is 16.6. The van der Waals surface area contributed by atoms with Crippen LogP contribution >= 0.6 is 0 Å². The van der Waals surface area contributed by atoms with Gasteiger partial charge in [-0.05, 0) is 33.6 Å². The molecule has 0 aromatic rings. The van der Waals surface area contributed by atoms with Crippen molar-refractivity contribution in [1.29, 1.82) is 5.26 Å². The SMILES string of the molecule is CC.CC#N.CC(C)(C)OC(=O)NC1CCCCC1. The molecule has 1 fully saturated rings. The van der Waals surface area contributed by atoms with Crippen LogP contribution in [0.15, 0.2) is 0 Å². The minimum Gasteiger partial charge on any atom is -0.444 e. The predicted octanol–water partition coefficient (Wildman–Crippen LogP) is 4.40. The molecule has 1 rings (SSSR count). The first kappa shape index (κ1) is 20.1. The summed E-state index contributed by atoms with van der Waals surface area (Å²) >= 11 is 0. The standard InChI is InChI=1S/C11H21NO2.C2H3N.C2H6/c1-11(2,3)14-10(13)12-9-7-5-4-6-8-9;1-2-3;1-2/h9H,4-8H2,1-3H3,(H,12,13);1H3;1-2H3. The van der Waals surface area contributed by atoms with Crippen LogP contribution < -0.4 is 5.32 Å². The number of hydrogen-bond donors (Lipinski definition) is 1. The van der Waals surface area contributed by atoms with Gasteiger partial charge in [0.2, 0.25) is 0 Å². The average molecular weight is 270 g/mol. The van der Waals surface area contributed by atoms with E-state index < -0.39 is 5.60 Å². The molecule has 1 saturated carbocycles. The van der Waals surface area contributed by atoms with E-state index >= 15 is 0 Å². The van der Waals surface area contributed by atoms with Gasteiger partial charge < -0.3 is 10.1 Å². The second-order valence-corrected chi connectivity index (χ2v) is 5.20. The zero-order chi connectivity index (χ0) is 15.3. The molecule has 112 valence electrons. The summed E-state index contributed by atoms with van der Waals surface area (Å²) in [5.74, 6) is 0. The lowest BCUT2D eigenvalue weighted by atomic mass is 9.96. The number of nitrogens with zero attached hydrogens (tertiary/aromatic N) is 1. The fourth-order valence-electron chi connectivity index (χ4n) is 1.72. The van der Waals surface area contributed by atoms with E-state index in [1.165, 1.54) is 26.2 Å². The first-order valence-corrected chi connectivity index (χ1v) is 7.19. The molecule has 1 N–H and O–H groups in total. The highest BCUT2D eigenvalue weighted by Gasteiger charge is 2.20. The van der Waals surface area contributed by atoms with Gasteiger partial charge in [-0.15, -0.1) is 0 Å². The van der Waals surface area contributed by atoms with Gasteiger partial charge >= 0.3 is 6.09 Å². The van der Waals surface area contributed by atoms with Crippen LogP contribution in [0.1, 0.15) is 73.6 Å². The molecule has 0 aliphatic heterocycles. The molecule has 19 heavy (non-hydrogen) atoms. The van der Waals surface area contributed by atoms with Crippen molar-refractivity contribution >= 4 is 6.09 Å². The summed E-state index contributed by atoms with van der Waals surface area (Å²) in [5, 5.41) is 10.2. The number of rotatable bonds is 1. The third kappa shape index (κ3) is 14.7. The number of alkyl carbamates (subject to hydrolysis) is 1. The predicted molar refractivity (Wildman–Crippen MR) is 78.9 cm³/mol. The number of amides is 1. The first-order chi connectivity index (χ1) is 8.89. The van der Waals surface area contributed by atoms with Crippen molar-refractivity contribution in [2.24, 2.45) is 0 Å². The van der Waals surface area contributed by atoms with Gasteiger partial charge in [-0.1, -0.05) is 33.1 Å². The third-order valence-corrected chi connectivity index (χ3v) is 2.33. The first-order valence-electron chi connectivity index (χ1n) is 7.19. The number of hydrogen-bond acceptors (Lipinski definition) is 3. The highest BCUT2D eigenvalue weighted by molar-refractivity contribution is 5.68. The fourth-order valence-corrected chi connectivity index (χ4v) is 1.72. The number of nitrogens with one attached hydrogen (secondary N) is 1. The lowest BCUT2D eigenvalue weighted by Gasteiger charge is -2.25. The Kier molecular flexibility index (Phi) is 12.5. The molecule has 0 unspecified atom stereocenters. The normalized spacial score (nSPS) is 14.8. The molecule has 1 aliphatic carbocycles. The van der Waals surface area contributed by atoms with Crippen molar-refractivity contribution in [3.8, 4) is 6.07 Å². The monoisotopic (exact) mass is 270 g/mol. The van der Waals surface area contributed by atoms with Crippen molar-refractivity contribution < 1.29 is 9.53 Å². The van der Waals surface area contributed by atoms with Crippen LogP contribution in [0.25, 0.3) is 0 Å². The molecule has 4 heteroatoms. The van der Waals surface area contributed by atoms with Crippen LogP contribution in [-0.2, 0) is 4.74 Å². The Balaban J connectivity index is 0. The van der Waals surface area contributed by atoms with Gasteiger partial charge in [-0.3, -0.25) is 0 Å². The Labute approximate surface area is 118 Å². The van der Waals surface area contributed by atoms with E-state index in [-0.39, 0.29) is 6.09 Å². The lowest BCUT2D eigenvalue weighted by Crippen LogP contribution is -2.39. The van der Waals surface area contributed by atoms with Gasteiger partial charge in [0.05, 0.1) is 6.07 Å². The smallest absolute Gasteiger partial charge is 0.407 e. The summed E-state index contributed by atoms with van der Waals surface area (Å²) in [6.07, 6.45) is 5.66. The van der Waals surface area contributed by atoms with Crippen LogP contribution in [0, 0.1) is 11.3 Å². The minimum absolute atomic E-state index is 0.274. The van der Waals surface area contributed by atoms with Crippen LogP contribution in [0.4, 0.5) is 4.79 Å². The van der Waals surface area contributed by atoms with Crippen LogP contribution in [-0.4, -0.2) is 17.7 Å². The summed E-state index contributed by atoms with van der Waals surface area (Å²) in [5.41, 5.74) is -0.390. The van der Waals surface area contributed by atoms with Crippen molar-refractivity contribution in [1.82, 2.24) is 5.32 Å². The zero-order valence-corrected chi connectivity index (χ0v) is 13.4. The van der Waals surface area contributed by atoms with Gasteiger partial charge in [0.15, 0.2) is 0 Å². The number of nitriles is 1. The zero-order valence-electron chi connectivity index (χ0n) is 13.4. The van der Waals surface area contributed by atoms with Crippen LogP contribution in [0.5, 0.6) is 0 Å². The van der Waals surface area contributed by atoms with E-state index in [4.69, 9.17) is 10.00 Å². The van der Waals surface area contributed by atoms with E-state index in [9.17, 15) is 4.79 Å². The van der Waals surface area contributed by atoms with Crippen LogP contribution in [0.2, 0.25) is 0 Å². The van der Waals surface area contributed by atoms with Crippen LogP contribution in [0.3, 0.4) is 0 Å². The molecule has 4 nitrogen and oxygen atoms in total. The molecule has 0 radical (unpaired) electrons. The van der Waals surface area contributed by atoms with E-state index in [0.29, 0.717) is 6.04 Å². The third-order valence-electron chi connectivity index (χ3n) is 2.33. The Hall–Kier alpha value is -1.24. The Morgan fingerprint density at radius 2 is 1.63 bits per heavy atom. The topological polar surface area (TPSA) is 62.1 Å². The van der Waals surface area contributed by atoms with Crippen molar-refractivity contribution in [3.05, 3.63) is 0 Å². The fraction of sp³-hybridized carbons (Fsp3) is 0.867. The van der Waals surface area contributed by atoms with Crippen molar-refractivity contribution in [3.63, 3.8) is 0 Å². The van der Waals surface area contributed by atoms with E-state index in [0.717, 1.165) is 12.8 Å². The molecular weight excluding hydrogens is 240 g/mol. The Morgan fingerprint density at radius 3 is 2.00 bits per heavy atom. The lowest BCUT2D eigenvalue weighted by molar-refractivity contribution is 0.0493. The second-order valence-electron chi connectivity index (χ2n) is 5.20. The maximum atomic E-state index is 11.4. The molecule has 1 amide bonds. The van der Waals surface area contributed by atoms with E-state index in [1.54, 1.807) is 6.07 Å². The number of carbonyl (C=O) groups excluding carboxylic acids is 1. The van der Waals surface area contributed by atoms with Crippen molar-refractivity contribution in [2.75, 3.05) is 0 Å². The summed E-state index contributed by atoms with van der Waals surface area (Å²) in [7, 11) is 0. The summed E-state index contributed by atoms with van der Waals surface area (Å²) < 4.78 is 5.19. The van der Waals surface area contributed by atoms with Gasteiger partial charge in [0.1, 0.15) is 5.60 Å². The van der Waals surface area contributed by atoms with E-state index in [1.807, 2.05) is 34.6 Å². The molecule has 0 saturated heterocycles. The average Bonchev–Trinajstić information content (AvgIpc) is 2.31. The van der Waals surface area contributed by atoms with Gasteiger partial charge in [-0.2, -0.15) is 5.26 Å². The van der Waals surface area contributed by atoms with Gasteiger partial charge in [0.25, 0.3) is 0 Å². The molecule has 1 aliphatic rings.